The molecular formula is C14H19F2NO3. The first-order valence-corrected chi connectivity index (χ1v) is 6.71. The molecule has 1 aromatic carbocycles. The van der Waals surface area contributed by atoms with Gasteiger partial charge in [-0.15, -0.1) is 0 Å². The summed E-state index contributed by atoms with van der Waals surface area (Å²) >= 11 is 0. The van der Waals surface area contributed by atoms with Gasteiger partial charge in [0.2, 0.25) is 5.82 Å². The molecule has 0 bridgehead atoms. The molecule has 1 fully saturated rings. The van der Waals surface area contributed by atoms with Crippen LogP contribution in [0.3, 0.4) is 0 Å². The molecule has 1 aromatic rings. The van der Waals surface area contributed by atoms with Gasteiger partial charge in [0.25, 0.3) is 0 Å². The fourth-order valence-electron chi connectivity index (χ4n) is 2.01. The van der Waals surface area contributed by atoms with Gasteiger partial charge in [-0.1, -0.05) is 0 Å². The second-order valence-electron chi connectivity index (χ2n) is 4.83. The Kier molecular flexibility index (Phi) is 5.14. The standard InChI is InChI=1S/C14H19F2NO3/c1-9(20-12-4-2-3-7-18-12)8-19-14-11(17)6-5-10(15)13(14)16/h5-6,9,12H,2-4,7-8,17H2,1H3/t9-,12?/m1/s1. The van der Waals surface area contributed by atoms with Gasteiger partial charge in [-0.2, -0.15) is 4.39 Å². The highest BCUT2D eigenvalue weighted by atomic mass is 19.2. The third kappa shape index (κ3) is 3.80. The zero-order valence-electron chi connectivity index (χ0n) is 11.4. The molecule has 0 spiro atoms. The van der Waals surface area contributed by atoms with Crippen LogP contribution in [0.2, 0.25) is 0 Å². The van der Waals surface area contributed by atoms with Crippen molar-refractivity contribution in [3.05, 3.63) is 23.8 Å². The Labute approximate surface area is 116 Å². The molecule has 0 radical (unpaired) electrons. The summed E-state index contributed by atoms with van der Waals surface area (Å²) in [6.07, 6.45) is 2.37. The van der Waals surface area contributed by atoms with E-state index in [0.717, 1.165) is 25.3 Å². The van der Waals surface area contributed by atoms with Gasteiger partial charge in [0.15, 0.2) is 17.9 Å². The Balaban J connectivity index is 1.86. The second-order valence-corrected chi connectivity index (χ2v) is 4.83. The third-order valence-corrected chi connectivity index (χ3v) is 3.06. The summed E-state index contributed by atoms with van der Waals surface area (Å²) in [5, 5.41) is 0. The maximum absolute atomic E-state index is 13.5. The molecule has 0 aliphatic carbocycles. The molecule has 2 rings (SSSR count). The number of ether oxygens (including phenoxy) is 3. The summed E-state index contributed by atoms with van der Waals surface area (Å²) in [4.78, 5) is 0. The molecule has 0 aromatic heterocycles. The van der Waals surface area contributed by atoms with Crippen molar-refractivity contribution in [2.24, 2.45) is 0 Å². The van der Waals surface area contributed by atoms with E-state index in [-0.39, 0.29) is 30.4 Å². The molecule has 2 N–H and O–H groups in total. The summed E-state index contributed by atoms with van der Waals surface area (Å²) in [5.74, 6) is -2.34. The number of nitrogens with two attached hydrogens (primary N) is 1. The lowest BCUT2D eigenvalue weighted by atomic mass is 10.2. The Hall–Kier alpha value is -1.40. The van der Waals surface area contributed by atoms with Gasteiger partial charge in [-0.05, 0) is 38.3 Å². The number of hydrogen-bond donors (Lipinski definition) is 1. The molecule has 1 unspecified atom stereocenters. The van der Waals surface area contributed by atoms with E-state index in [1.807, 2.05) is 0 Å². The van der Waals surface area contributed by atoms with Crippen LogP contribution in [-0.4, -0.2) is 25.6 Å². The number of benzene rings is 1. The molecule has 1 aliphatic rings. The minimum atomic E-state index is -1.08. The highest BCUT2D eigenvalue weighted by molar-refractivity contribution is 5.53. The van der Waals surface area contributed by atoms with Crippen LogP contribution in [0.25, 0.3) is 0 Å². The second kappa shape index (κ2) is 6.85. The Morgan fingerprint density at radius 1 is 1.40 bits per heavy atom. The lowest BCUT2D eigenvalue weighted by Crippen LogP contribution is -2.29. The van der Waals surface area contributed by atoms with Crippen LogP contribution in [0.4, 0.5) is 14.5 Å². The predicted molar refractivity (Wildman–Crippen MR) is 70.4 cm³/mol. The Bertz CT molecular complexity index is 450. The summed E-state index contributed by atoms with van der Waals surface area (Å²) in [5.41, 5.74) is 5.62. The molecule has 2 atom stereocenters. The quantitative estimate of drug-likeness (QED) is 0.846. The van der Waals surface area contributed by atoms with Crippen molar-refractivity contribution in [1.29, 1.82) is 0 Å². The molecule has 0 saturated carbocycles. The van der Waals surface area contributed by atoms with E-state index in [0.29, 0.717) is 6.61 Å². The first-order chi connectivity index (χ1) is 9.58. The Morgan fingerprint density at radius 3 is 2.90 bits per heavy atom. The van der Waals surface area contributed by atoms with Crippen LogP contribution in [0.5, 0.6) is 5.75 Å². The first kappa shape index (κ1) is 15.0. The number of anilines is 1. The van der Waals surface area contributed by atoms with E-state index in [1.165, 1.54) is 6.07 Å². The van der Waals surface area contributed by atoms with Gasteiger partial charge in [0.1, 0.15) is 6.61 Å². The molecule has 1 heterocycles. The van der Waals surface area contributed by atoms with Gasteiger partial charge < -0.3 is 19.9 Å². The normalized spacial score (nSPS) is 20.6. The third-order valence-electron chi connectivity index (χ3n) is 3.06. The largest absolute Gasteiger partial charge is 0.486 e. The average molecular weight is 287 g/mol. The number of nitrogen functional groups attached to an aromatic ring is 1. The van der Waals surface area contributed by atoms with E-state index >= 15 is 0 Å². The van der Waals surface area contributed by atoms with Crippen molar-refractivity contribution in [2.75, 3.05) is 18.9 Å². The minimum Gasteiger partial charge on any atom is -0.486 e. The molecular weight excluding hydrogens is 268 g/mol. The van der Waals surface area contributed by atoms with E-state index in [2.05, 4.69) is 0 Å². The maximum Gasteiger partial charge on any atom is 0.202 e. The summed E-state index contributed by atoms with van der Waals surface area (Å²) in [7, 11) is 0. The zero-order valence-corrected chi connectivity index (χ0v) is 11.4. The topological polar surface area (TPSA) is 53.7 Å². The van der Waals surface area contributed by atoms with E-state index < -0.39 is 11.6 Å². The van der Waals surface area contributed by atoms with Crippen molar-refractivity contribution in [2.45, 2.75) is 38.6 Å². The first-order valence-electron chi connectivity index (χ1n) is 6.71. The van der Waals surface area contributed by atoms with Gasteiger partial charge in [-0.3, -0.25) is 0 Å². The van der Waals surface area contributed by atoms with Crippen LogP contribution >= 0.6 is 0 Å². The zero-order chi connectivity index (χ0) is 14.5. The fourth-order valence-corrected chi connectivity index (χ4v) is 2.01. The minimum absolute atomic E-state index is 0.0602. The van der Waals surface area contributed by atoms with Crippen molar-refractivity contribution in [3.8, 4) is 5.75 Å². The molecule has 6 heteroatoms. The van der Waals surface area contributed by atoms with Gasteiger partial charge in [0, 0.05) is 6.61 Å². The van der Waals surface area contributed by atoms with Crippen LogP contribution in [0.15, 0.2) is 12.1 Å². The van der Waals surface area contributed by atoms with Crippen molar-refractivity contribution < 1.29 is 23.0 Å². The van der Waals surface area contributed by atoms with Crippen LogP contribution < -0.4 is 10.5 Å². The van der Waals surface area contributed by atoms with E-state index in [1.54, 1.807) is 6.92 Å². The predicted octanol–water partition coefficient (Wildman–Crippen LogP) is 2.86. The molecule has 20 heavy (non-hydrogen) atoms. The van der Waals surface area contributed by atoms with E-state index in [4.69, 9.17) is 19.9 Å². The van der Waals surface area contributed by atoms with E-state index in [9.17, 15) is 8.78 Å². The molecule has 1 aliphatic heterocycles. The van der Waals surface area contributed by atoms with Gasteiger partial charge in [0.05, 0.1) is 11.8 Å². The van der Waals surface area contributed by atoms with Crippen LogP contribution in [0, 0.1) is 11.6 Å². The highest BCUT2D eigenvalue weighted by Gasteiger charge is 2.19. The van der Waals surface area contributed by atoms with Gasteiger partial charge >= 0.3 is 0 Å². The number of hydrogen-bond acceptors (Lipinski definition) is 4. The maximum atomic E-state index is 13.5. The number of rotatable bonds is 5. The van der Waals surface area contributed by atoms with Crippen molar-refractivity contribution in [3.63, 3.8) is 0 Å². The van der Waals surface area contributed by atoms with Crippen LogP contribution in [-0.2, 0) is 9.47 Å². The van der Waals surface area contributed by atoms with Crippen LogP contribution in [0.1, 0.15) is 26.2 Å². The Morgan fingerprint density at radius 2 is 2.20 bits per heavy atom. The smallest absolute Gasteiger partial charge is 0.202 e. The summed E-state index contributed by atoms with van der Waals surface area (Å²) in [6, 6.07) is 2.23. The lowest BCUT2D eigenvalue weighted by Gasteiger charge is -2.26. The fraction of sp³-hybridized carbons (Fsp3) is 0.571. The summed E-state index contributed by atoms with van der Waals surface area (Å²) < 4.78 is 42.9. The lowest BCUT2D eigenvalue weighted by molar-refractivity contribution is -0.189. The molecule has 0 amide bonds. The van der Waals surface area contributed by atoms with Crippen molar-refractivity contribution in [1.82, 2.24) is 0 Å². The van der Waals surface area contributed by atoms with Gasteiger partial charge in [-0.25, -0.2) is 4.39 Å². The monoisotopic (exact) mass is 287 g/mol. The number of halogens is 2. The average Bonchev–Trinajstić information content (AvgIpc) is 2.44. The highest BCUT2D eigenvalue weighted by Crippen LogP contribution is 2.27. The summed E-state index contributed by atoms with van der Waals surface area (Å²) in [6.45, 7) is 2.54. The molecule has 112 valence electrons. The molecule has 1 saturated heterocycles. The van der Waals surface area contributed by atoms with Crippen molar-refractivity contribution >= 4 is 5.69 Å². The SMILES string of the molecule is C[C@H](COc1c(N)ccc(F)c1F)OC1CCCCO1. The molecule has 4 nitrogen and oxygen atoms in total.